The fourth-order valence-electron chi connectivity index (χ4n) is 1.18. The highest BCUT2D eigenvalue weighted by Crippen LogP contribution is 2.37. The fraction of sp³-hybridized carbons (Fsp3) is 0.455. The third-order valence-electron chi connectivity index (χ3n) is 1.99. The van der Waals surface area contributed by atoms with Crippen LogP contribution in [0.3, 0.4) is 0 Å². The average molecular weight is 210 g/mol. The van der Waals surface area contributed by atoms with Gasteiger partial charge in [-0.05, 0) is 11.0 Å². The van der Waals surface area contributed by atoms with Gasteiger partial charge in [0.15, 0.2) is 0 Å². The van der Waals surface area contributed by atoms with Crippen LogP contribution in [0.2, 0.25) is 0 Å². The van der Waals surface area contributed by atoms with Crippen molar-refractivity contribution < 1.29 is 0 Å². The lowest BCUT2D eigenvalue weighted by Crippen LogP contribution is -2.20. The Hall–Kier alpha value is -0.273. The zero-order valence-corrected chi connectivity index (χ0v) is 10.0. The summed E-state index contributed by atoms with van der Waals surface area (Å²) in [4.78, 5) is 0. The summed E-state index contributed by atoms with van der Waals surface area (Å²) < 4.78 is 0. The van der Waals surface area contributed by atoms with Gasteiger partial charge in [0, 0.05) is 0 Å². The minimum Gasteiger partial charge on any atom is -0.117 e. The van der Waals surface area contributed by atoms with Gasteiger partial charge < -0.3 is 0 Å². The van der Waals surface area contributed by atoms with Gasteiger partial charge in [-0.25, -0.2) is 0 Å². The molecule has 1 atom stereocenters. The Morgan fingerprint density at radius 1 is 1.23 bits per heavy atom. The van der Waals surface area contributed by atoms with Gasteiger partial charge in [0.2, 0.25) is 0 Å². The van der Waals surface area contributed by atoms with Crippen LogP contribution in [0.4, 0.5) is 0 Å². The molecule has 0 saturated heterocycles. The van der Waals surface area contributed by atoms with Gasteiger partial charge in [-0.1, -0.05) is 50.2 Å². The molecule has 13 heavy (non-hydrogen) atoms. The smallest absolute Gasteiger partial charge is 0.0716 e. The maximum atomic E-state index is 6.36. The lowest BCUT2D eigenvalue weighted by molar-refractivity contribution is 0.397. The molecule has 0 nitrogen and oxygen atoms in total. The van der Waals surface area contributed by atoms with Crippen molar-refractivity contribution in [1.82, 2.24) is 0 Å². The lowest BCUT2D eigenvalue weighted by Gasteiger charge is -2.26. The highest BCUT2D eigenvalue weighted by molar-refractivity contribution is 6.35. The van der Waals surface area contributed by atoms with E-state index >= 15 is 0 Å². The van der Waals surface area contributed by atoms with Crippen LogP contribution in [0.15, 0.2) is 24.3 Å². The molecule has 0 aromatic heterocycles. The van der Waals surface area contributed by atoms with Gasteiger partial charge in [0.05, 0.1) is 15.6 Å². The Bertz CT molecular complexity index is 288. The molecule has 1 unspecified atom stereocenters. The Labute approximate surface area is 88.7 Å². The van der Waals surface area contributed by atoms with E-state index in [2.05, 4.69) is 37.1 Å². The van der Waals surface area contributed by atoms with Crippen molar-refractivity contribution in [2.24, 2.45) is 5.41 Å². The quantitative estimate of drug-likeness (QED) is 0.493. The lowest BCUT2D eigenvalue weighted by atomic mass is 9.87. The molecular formula is C11H14ClSi. The number of rotatable bonds is 1. The van der Waals surface area contributed by atoms with Gasteiger partial charge in [0.25, 0.3) is 0 Å². The van der Waals surface area contributed by atoms with Gasteiger partial charge in [-0.15, -0.1) is 11.6 Å². The van der Waals surface area contributed by atoms with Crippen molar-refractivity contribution in [1.29, 1.82) is 0 Å². The molecule has 0 aliphatic rings. The molecule has 0 saturated carbocycles. The maximum Gasteiger partial charge on any atom is 0.0716 e. The summed E-state index contributed by atoms with van der Waals surface area (Å²) in [5.41, 5.74) is 1.25. The van der Waals surface area contributed by atoms with Crippen LogP contribution in [0.5, 0.6) is 0 Å². The van der Waals surface area contributed by atoms with Crippen LogP contribution in [-0.2, 0) is 0 Å². The van der Waals surface area contributed by atoms with E-state index in [1.54, 1.807) is 0 Å². The van der Waals surface area contributed by atoms with Gasteiger partial charge >= 0.3 is 0 Å². The first-order valence-electron chi connectivity index (χ1n) is 4.37. The molecule has 2 heteroatoms. The molecule has 0 amide bonds. The number of hydrogen-bond acceptors (Lipinski definition) is 0. The predicted octanol–water partition coefficient (Wildman–Crippen LogP) is 2.81. The molecule has 0 spiro atoms. The second kappa shape index (κ2) is 3.85. The highest BCUT2D eigenvalue weighted by Gasteiger charge is 2.24. The Morgan fingerprint density at radius 3 is 2.23 bits per heavy atom. The minimum atomic E-state index is 0.0428. The van der Waals surface area contributed by atoms with Crippen LogP contribution in [0.1, 0.15) is 31.7 Å². The van der Waals surface area contributed by atoms with Crippen molar-refractivity contribution in [3.05, 3.63) is 29.8 Å². The Kier molecular flexibility index (Phi) is 3.20. The SMILES string of the molecule is CC(C)(C)C(Cl)c1ccccc1[Si]. The number of halogens is 1. The molecule has 0 heterocycles. The van der Waals surface area contributed by atoms with Crippen molar-refractivity contribution in [2.75, 3.05) is 0 Å². The summed E-state index contributed by atoms with van der Waals surface area (Å²) >= 11 is 6.36. The predicted molar refractivity (Wildman–Crippen MR) is 59.9 cm³/mol. The van der Waals surface area contributed by atoms with Gasteiger partial charge in [-0.2, -0.15) is 0 Å². The molecular weight excluding hydrogens is 196 g/mol. The zero-order chi connectivity index (χ0) is 10.1. The third kappa shape index (κ3) is 2.58. The minimum absolute atomic E-state index is 0.0428. The molecule has 0 bridgehead atoms. The van der Waals surface area contributed by atoms with Crippen LogP contribution < -0.4 is 5.19 Å². The van der Waals surface area contributed by atoms with Crippen LogP contribution in [0.25, 0.3) is 0 Å². The second-order valence-electron chi connectivity index (χ2n) is 4.32. The maximum absolute atomic E-state index is 6.36. The van der Waals surface area contributed by atoms with Crippen LogP contribution in [-0.4, -0.2) is 10.2 Å². The summed E-state index contributed by atoms with van der Waals surface area (Å²) in [5, 5.41) is 1.12. The average Bonchev–Trinajstić information content (AvgIpc) is 2.02. The Morgan fingerprint density at radius 2 is 1.77 bits per heavy atom. The molecule has 0 aliphatic carbocycles. The van der Waals surface area contributed by atoms with Crippen molar-refractivity contribution in [3.63, 3.8) is 0 Å². The van der Waals surface area contributed by atoms with E-state index in [-0.39, 0.29) is 10.8 Å². The summed E-state index contributed by atoms with van der Waals surface area (Å²) in [6, 6.07) is 8.09. The summed E-state index contributed by atoms with van der Waals surface area (Å²) in [6.07, 6.45) is 0. The largest absolute Gasteiger partial charge is 0.117 e. The van der Waals surface area contributed by atoms with Crippen molar-refractivity contribution >= 4 is 27.0 Å². The summed E-state index contributed by atoms with van der Waals surface area (Å²) in [7, 11) is 3.56. The Balaban J connectivity index is 3.02. The van der Waals surface area contributed by atoms with E-state index in [1.165, 1.54) is 0 Å². The van der Waals surface area contributed by atoms with E-state index in [4.69, 9.17) is 11.6 Å². The van der Waals surface area contributed by atoms with Gasteiger partial charge in [0.1, 0.15) is 0 Å². The second-order valence-corrected chi connectivity index (χ2v) is 5.29. The highest BCUT2D eigenvalue weighted by atomic mass is 35.5. The van der Waals surface area contributed by atoms with Crippen LogP contribution in [0, 0.1) is 5.41 Å². The van der Waals surface area contributed by atoms with E-state index in [9.17, 15) is 0 Å². The van der Waals surface area contributed by atoms with Crippen molar-refractivity contribution in [3.8, 4) is 0 Å². The first-order chi connectivity index (χ1) is 5.93. The summed E-state index contributed by atoms with van der Waals surface area (Å²) in [5.74, 6) is 0. The molecule has 1 rings (SSSR count). The standard InChI is InChI=1S/C11H14ClSi/c1-11(2,3)10(12)8-6-4-5-7-9(8)13/h4-7,10H,1-3H3. The van der Waals surface area contributed by atoms with Gasteiger partial charge in [-0.3, -0.25) is 0 Å². The molecule has 3 radical (unpaired) electrons. The molecule has 0 fully saturated rings. The molecule has 69 valence electrons. The van der Waals surface area contributed by atoms with E-state index in [1.807, 2.05) is 18.2 Å². The number of hydrogen-bond donors (Lipinski definition) is 0. The topological polar surface area (TPSA) is 0 Å². The molecule has 0 aliphatic heterocycles. The third-order valence-corrected chi connectivity index (χ3v) is 3.34. The monoisotopic (exact) mass is 209 g/mol. The fourth-order valence-corrected chi connectivity index (χ4v) is 1.79. The molecule has 1 aromatic rings. The van der Waals surface area contributed by atoms with E-state index in [0.29, 0.717) is 0 Å². The molecule has 0 N–H and O–H groups in total. The number of alkyl halides is 1. The van der Waals surface area contributed by atoms with E-state index in [0.717, 1.165) is 10.8 Å². The number of benzene rings is 1. The summed E-state index contributed by atoms with van der Waals surface area (Å²) in [6.45, 7) is 6.43. The van der Waals surface area contributed by atoms with Crippen LogP contribution >= 0.6 is 11.6 Å². The molecule has 1 aromatic carbocycles. The van der Waals surface area contributed by atoms with E-state index < -0.39 is 0 Å². The zero-order valence-electron chi connectivity index (χ0n) is 8.26. The normalized spacial score (nSPS) is 14.2. The van der Waals surface area contributed by atoms with Crippen molar-refractivity contribution in [2.45, 2.75) is 26.1 Å². The first-order valence-corrected chi connectivity index (χ1v) is 5.31. The first kappa shape index (κ1) is 10.8.